The molecule has 0 saturated carbocycles. The first-order valence-electron chi connectivity index (χ1n) is 13.9. The Hall–Kier alpha value is -4.34. The highest BCUT2D eigenvalue weighted by molar-refractivity contribution is 6.32. The van der Waals surface area contributed by atoms with E-state index in [0.717, 1.165) is 23.1 Å². The molecule has 1 fully saturated rings. The van der Waals surface area contributed by atoms with E-state index in [4.69, 9.17) is 30.9 Å². The van der Waals surface area contributed by atoms with Gasteiger partial charge in [-0.2, -0.15) is 39.5 Å². The van der Waals surface area contributed by atoms with Gasteiger partial charge in [0.25, 0.3) is 0 Å². The highest BCUT2D eigenvalue weighted by atomic mass is 35.5. The number of nitrogens with zero attached hydrogens (tertiary/aromatic N) is 1. The minimum atomic E-state index is -5.18. The topological polar surface area (TPSA) is 85.3 Å². The van der Waals surface area contributed by atoms with Crippen LogP contribution >= 0.6 is 11.6 Å². The van der Waals surface area contributed by atoms with Crippen molar-refractivity contribution in [3.63, 3.8) is 0 Å². The first-order valence-corrected chi connectivity index (χ1v) is 14.3. The van der Waals surface area contributed by atoms with Crippen molar-refractivity contribution < 1.29 is 68.4 Å². The summed E-state index contributed by atoms with van der Waals surface area (Å²) in [7, 11) is 1.25. The molecule has 0 aromatic heterocycles. The molecular weight excluding hydrogens is 689 g/mol. The van der Waals surface area contributed by atoms with Crippen LogP contribution in [-0.4, -0.2) is 41.8 Å². The monoisotopic (exact) mass is 713 g/mol. The molecule has 2 atom stereocenters. The average Bonchev–Trinajstić information content (AvgIpc) is 3.26. The first kappa shape index (κ1) is 36.5. The van der Waals surface area contributed by atoms with Crippen molar-refractivity contribution in [2.24, 2.45) is 0 Å². The zero-order valence-corrected chi connectivity index (χ0v) is 25.6. The summed E-state index contributed by atoms with van der Waals surface area (Å²) in [6.45, 7) is 0.561. The van der Waals surface area contributed by atoms with Crippen molar-refractivity contribution in [1.82, 2.24) is 4.90 Å². The molecule has 3 aromatic carbocycles. The molecule has 0 bridgehead atoms. The summed E-state index contributed by atoms with van der Waals surface area (Å²) in [5.74, 6) is -0.972. The zero-order valence-electron chi connectivity index (χ0n) is 24.8. The van der Waals surface area contributed by atoms with Crippen LogP contribution in [0, 0.1) is 0 Å². The highest BCUT2D eigenvalue weighted by Crippen LogP contribution is 2.44. The highest BCUT2D eigenvalue weighted by Gasteiger charge is 2.44. The minimum absolute atomic E-state index is 0.0262. The second-order valence-corrected chi connectivity index (χ2v) is 11.1. The van der Waals surface area contributed by atoms with Gasteiger partial charge < -0.3 is 19.3 Å². The lowest BCUT2D eigenvalue weighted by Crippen LogP contribution is -2.32. The molecule has 0 aliphatic carbocycles. The van der Waals surface area contributed by atoms with Crippen LogP contribution in [0.1, 0.15) is 53.7 Å². The Kier molecular flexibility index (Phi) is 10.4. The third-order valence-electron chi connectivity index (χ3n) is 7.44. The number of ether oxygens (including phenoxy) is 3. The second-order valence-electron chi connectivity index (χ2n) is 10.7. The molecule has 1 aliphatic heterocycles. The molecule has 0 unspecified atom stereocenters. The lowest BCUT2D eigenvalue weighted by atomic mass is 9.94. The van der Waals surface area contributed by atoms with Gasteiger partial charge in [-0.1, -0.05) is 17.7 Å². The Balaban J connectivity index is 1.76. The van der Waals surface area contributed by atoms with E-state index in [1.807, 2.05) is 0 Å². The molecule has 48 heavy (non-hydrogen) atoms. The maximum Gasteiger partial charge on any atom is 0.416 e. The van der Waals surface area contributed by atoms with Crippen LogP contribution in [0.4, 0.5) is 44.3 Å². The normalized spacial score (nSPS) is 17.0. The van der Waals surface area contributed by atoms with E-state index in [1.54, 1.807) is 0 Å². The molecule has 4 rings (SSSR count). The number of benzene rings is 3. The van der Waals surface area contributed by atoms with E-state index in [-0.39, 0.29) is 58.7 Å². The Morgan fingerprint density at radius 2 is 1.48 bits per heavy atom. The largest absolute Gasteiger partial charge is 0.496 e. The van der Waals surface area contributed by atoms with Gasteiger partial charge in [-0.15, -0.1) is 0 Å². The van der Waals surface area contributed by atoms with Gasteiger partial charge >= 0.3 is 30.6 Å². The fourth-order valence-electron chi connectivity index (χ4n) is 5.08. The molecule has 1 amide bonds. The summed E-state index contributed by atoms with van der Waals surface area (Å²) >= 11 is 6.28. The predicted octanol–water partition coefficient (Wildman–Crippen LogP) is 9.40. The smallest absolute Gasteiger partial charge is 0.416 e. The molecule has 1 aliphatic rings. The van der Waals surface area contributed by atoms with Gasteiger partial charge in [0.05, 0.1) is 48.0 Å². The van der Waals surface area contributed by atoms with E-state index < -0.39 is 71.5 Å². The number of hydrogen-bond acceptors (Lipinski definition) is 5. The van der Waals surface area contributed by atoms with Crippen molar-refractivity contribution in [1.29, 1.82) is 0 Å². The van der Waals surface area contributed by atoms with Crippen molar-refractivity contribution in [3.8, 4) is 22.6 Å². The summed E-state index contributed by atoms with van der Waals surface area (Å²) in [5.41, 5.74) is -4.93. The predicted molar refractivity (Wildman–Crippen MR) is 151 cm³/mol. The average molecular weight is 714 g/mol. The standard InChI is InChI=1S/C31H25ClF9NO6/c1-15-27(16-8-19(30(36,37)38)11-20(9-16)31(39,40)41)48-28(45)42(15)14-17-10-18(29(33,34)35)5-6-21(17)22-12-25(23(32)13-24(22)46-2)47-7-3-4-26(43)44/h5-6,8-13,15,27H,3-4,7,14H2,1-2H3,(H,43,44)/t15-,27-/m0/s1. The third-order valence-corrected chi connectivity index (χ3v) is 7.74. The SMILES string of the molecule is COc1cc(Cl)c(OCCCC(=O)O)cc1-c1ccc(C(F)(F)F)cc1CN1C(=O)O[C@H](c2cc(C(F)(F)F)cc(C(F)(F)F)c2)[C@@H]1C. The van der Waals surface area contributed by atoms with Crippen molar-refractivity contribution in [3.05, 3.63) is 81.4 Å². The molecule has 3 aromatic rings. The van der Waals surface area contributed by atoms with Gasteiger partial charge in [-0.3, -0.25) is 9.69 Å². The summed E-state index contributed by atoms with van der Waals surface area (Å²) in [5, 5.41) is 8.88. The van der Waals surface area contributed by atoms with Crippen molar-refractivity contribution in [2.75, 3.05) is 13.7 Å². The number of methoxy groups -OCH3 is 1. The molecule has 1 saturated heterocycles. The maximum absolute atomic E-state index is 13.8. The minimum Gasteiger partial charge on any atom is -0.496 e. The molecule has 1 N–H and O–H groups in total. The second kappa shape index (κ2) is 13.6. The summed E-state index contributed by atoms with van der Waals surface area (Å²) < 4.78 is 139. The fraction of sp³-hybridized carbons (Fsp3) is 0.355. The van der Waals surface area contributed by atoms with Crippen LogP contribution in [0.5, 0.6) is 11.5 Å². The zero-order chi connectivity index (χ0) is 35.8. The molecule has 17 heteroatoms. The Morgan fingerprint density at radius 3 is 2.02 bits per heavy atom. The number of aliphatic carboxylic acids is 1. The van der Waals surface area contributed by atoms with Crippen LogP contribution < -0.4 is 9.47 Å². The number of alkyl halides is 9. The number of carbonyl (C=O) groups excluding carboxylic acids is 1. The number of cyclic esters (lactones) is 1. The van der Waals surface area contributed by atoms with E-state index in [9.17, 15) is 49.1 Å². The number of carboxylic acid groups (broad SMARTS) is 1. The molecular formula is C31H25ClF9NO6. The number of amides is 1. The fourth-order valence-corrected chi connectivity index (χ4v) is 5.29. The van der Waals surface area contributed by atoms with Crippen molar-refractivity contribution in [2.45, 2.75) is 57.0 Å². The first-order chi connectivity index (χ1) is 22.2. The van der Waals surface area contributed by atoms with E-state index in [2.05, 4.69) is 0 Å². The summed E-state index contributed by atoms with van der Waals surface area (Å²) in [6.07, 6.45) is -18.2. The number of carbonyl (C=O) groups is 2. The maximum atomic E-state index is 13.8. The van der Waals surface area contributed by atoms with Gasteiger partial charge in [-0.05, 0) is 66.4 Å². The lowest BCUT2D eigenvalue weighted by molar-refractivity contribution is -0.143. The summed E-state index contributed by atoms with van der Waals surface area (Å²) in [4.78, 5) is 24.7. The lowest BCUT2D eigenvalue weighted by Gasteiger charge is -2.24. The molecule has 1 heterocycles. The Labute approximate surface area is 271 Å². The quantitative estimate of drug-likeness (QED) is 0.167. The van der Waals surface area contributed by atoms with Gasteiger partial charge in [0.2, 0.25) is 0 Å². The Bertz CT molecular complexity index is 1660. The molecule has 7 nitrogen and oxygen atoms in total. The van der Waals surface area contributed by atoms with E-state index >= 15 is 0 Å². The number of hydrogen-bond donors (Lipinski definition) is 1. The number of halogens is 10. The molecule has 260 valence electrons. The van der Waals surface area contributed by atoms with Crippen LogP contribution in [0.3, 0.4) is 0 Å². The molecule has 0 radical (unpaired) electrons. The Morgan fingerprint density at radius 1 is 0.875 bits per heavy atom. The van der Waals surface area contributed by atoms with E-state index in [1.165, 1.54) is 26.2 Å². The number of carboxylic acids is 1. The van der Waals surface area contributed by atoms with Crippen LogP contribution in [-0.2, 0) is 34.6 Å². The van der Waals surface area contributed by atoms with Gasteiger partial charge in [0.15, 0.2) is 0 Å². The van der Waals surface area contributed by atoms with Crippen LogP contribution in [0.2, 0.25) is 5.02 Å². The van der Waals surface area contributed by atoms with Crippen LogP contribution in [0.25, 0.3) is 11.1 Å². The summed E-state index contributed by atoms with van der Waals surface area (Å²) in [6, 6.07) is 4.73. The van der Waals surface area contributed by atoms with Gasteiger partial charge in [0, 0.05) is 18.1 Å². The van der Waals surface area contributed by atoms with Crippen LogP contribution in [0.15, 0.2) is 48.5 Å². The molecule has 0 spiro atoms. The van der Waals surface area contributed by atoms with Crippen molar-refractivity contribution >= 4 is 23.7 Å². The number of rotatable bonds is 10. The van der Waals surface area contributed by atoms with Gasteiger partial charge in [-0.25, -0.2) is 4.79 Å². The van der Waals surface area contributed by atoms with E-state index in [0.29, 0.717) is 12.1 Å². The van der Waals surface area contributed by atoms with Gasteiger partial charge in [0.1, 0.15) is 17.6 Å². The third kappa shape index (κ3) is 8.20.